The molecule has 0 spiro atoms. The highest BCUT2D eigenvalue weighted by Gasteiger charge is 2.18. The SMILES string of the molecule is CCNCC(C)S(=O)(=O)CCCl. The van der Waals surface area contributed by atoms with Gasteiger partial charge in [0, 0.05) is 12.4 Å². The fourth-order valence-corrected chi connectivity index (χ4v) is 2.42. The Morgan fingerprint density at radius 1 is 1.50 bits per heavy atom. The van der Waals surface area contributed by atoms with E-state index in [9.17, 15) is 8.42 Å². The van der Waals surface area contributed by atoms with Crippen molar-refractivity contribution in [3.8, 4) is 0 Å². The van der Waals surface area contributed by atoms with E-state index in [-0.39, 0.29) is 16.9 Å². The Labute approximate surface area is 79.4 Å². The van der Waals surface area contributed by atoms with E-state index in [1.54, 1.807) is 6.92 Å². The van der Waals surface area contributed by atoms with Crippen molar-refractivity contribution in [1.82, 2.24) is 5.32 Å². The van der Waals surface area contributed by atoms with Crippen molar-refractivity contribution in [2.45, 2.75) is 19.1 Å². The maximum Gasteiger partial charge on any atom is 0.155 e. The van der Waals surface area contributed by atoms with Crippen molar-refractivity contribution < 1.29 is 8.42 Å². The molecule has 0 amide bonds. The Balaban J connectivity index is 3.98. The minimum Gasteiger partial charge on any atom is -0.316 e. The Kier molecular flexibility index (Phi) is 5.88. The van der Waals surface area contributed by atoms with Crippen LogP contribution in [0.2, 0.25) is 0 Å². The fourth-order valence-electron chi connectivity index (χ4n) is 0.783. The molecule has 0 heterocycles. The molecule has 0 saturated carbocycles. The van der Waals surface area contributed by atoms with Crippen LogP contribution >= 0.6 is 11.6 Å². The third kappa shape index (κ3) is 4.28. The molecule has 0 aliphatic rings. The van der Waals surface area contributed by atoms with Crippen LogP contribution in [-0.2, 0) is 9.84 Å². The molecule has 0 rings (SSSR count). The summed E-state index contributed by atoms with van der Waals surface area (Å²) in [6.07, 6.45) is 0. The van der Waals surface area contributed by atoms with Gasteiger partial charge in [-0.1, -0.05) is 6.92 Å². The molecule has 74 valence electrons. The van der Waals surface area contributed by atoms with Gasteiger partial charge in [-0.05, 0) is 13.5 Å². The van der Waals surface area contributed by atoms with Gasteiger partial charge in [0.15, 0.2) is 9.84 Å². The maximum absolute atomic E-state index is 11.3. The van der Waals surface area contributed by atoms with Gasteiger partial charge in [0.1, 0.15) is 0 Å². The number of hydrogen-bond donors (Lipinski definition) is 1. The fraction of sp³-hybridized carbons (Fsp3) is 1.00. The molecule has 0 aliphatic heterocycles. The molecule has 0 aromatic rings. The molecule has 0 saturated heterocycles. The first kappa shape index (κ1) is 12.2. The van der Waals surface area contributed by atoms with Gasteiger partial charge in [-0.15, -0.1) is 11.6 Å². The molecular weight excluding hydrogens is 198 g/mol. The lowest BCUT2D eigenvalue weighted by Crippen LogP contribution is -2.32. The lowest BCUT2D eigenvalue weighted by atomic mass is 10.5. The summed E-state index contributed by atoms with van der Waals surface area (Å²) >= 11 is 5.36. The summed E-state index contributed by atoms with van der Waals surface area (Å²) in [6.45, 7) is 4.95. The average Bonchev–Trinajstić information content (AvgIpc) is 2.00. The Morgan fingerprint density at radius 3 is 2.50 bits per heavy atom. The zero-order valence-electron chi connectivity index (χ0n) is 7.51. The van der Waals surface area contributed by atoms with Gasteiger partial charge in [-0.2, -0.15) is 0 Å². The van der Waals surface area contributed by atoms with Crippen LogP contribution in [0.5, 0.6) is 0 Å². The number of rotatable bonds is 6. The third-order valence-corrected chi connectivity index (χ3v) is 4.24. The topological polar surface area (TPSA) is 46.2 Å². The lowest BCUT2D eigenvalue weighted by Gasteiger charge is -2.11. The molecule has 0 aliphatic carbocycles. The minimum atomic E-state index is -2.98. The first-order valence-corrected chi connectivity index (χ1v) is 6.27. The van der Waals surface area contributed by atoms with Gasteiger partial charge in [0.25, 0.3) is 0 Å². The Hall–Kier alpha value is 0.200. The van der Waals surface area contributed by atoms with Crippen molar-refractivity contribution >= 4 is 21.4 Å². The van der Waals surface area contributed by atoms with E-state index in [1.165, 1.54) is 0 Å². The molecule has 0 radical (unpaired) electrons. The van der Waals surface area contributed by atoms with Crippen molar-refractivity contribution in [3.05, 3.63) is 0 Å². The van der Waals surface area contributed by atoms with Crippen LogP contribution in [0.1, 0.15) is 13.8 Å². The second-order valence-corrected chi connectivity index (χ2v) is 5.59. The third-order valence-electron chi connectivity index (χ3n) is 1.66. The summed E-state index contributed by atoms with van der Waals surface area (Å²) in [5, 5.41) is 2.65. The van der Waals surface area contributed by atoms with Crippen LogP contribution in [-0.4, -0.2) is 38.4 Å². The normalized spacial score (nSPS) is 14.6. The number of alkyl halides is 1. The highest BCUT2D eigenvalue weighted by molar-refractivity contribution is 7.92. The summed E-state index contributed by atoms with van der Waals surface area (Å²) in [4.78, 5) is 0. The standard InChI is InChI=1S/C7H16ClNO2S/c1-3-9-6-7(2)12(10,11)5-4-8/h7,9H,3-6H2,1-2H3. The van der Waals surface area contributed by atoms with Gasteiger partial charge in [0.2, 0.25) is 0 Å². The zero-order valence-corrected chi connectivity index (χ0v) is 9.08. The van der Waals surface area contributed by atoms with Gasteiger partial charge in [-0.25, -0.2) is 8.42 Å². The number of sulfone groups is 1. The van der Waals surface area contributed by atoms with E-state index in [0.717, 1.165) is 6.54 Å². The second-order valence-electron chi connectivity index (χ2n) is 2.67. The maximum atomic E-state index is 11.3. The van der Waals surface area contributed by atoms with Gasteiger partial charge < -0.3 is 5.32 Å². The summed E-state index contributed by atoms with van der Waals surface area (Å²) < 4.78 is 22.6. The summed E-state index contributed by atoms with van der Waals surface area (Å²) in [5.41, 5.74) is 0. The van der Waals surface area contributed by atoms with E-state index >= 15 is 0 Å². The lowest BCUT2D eigenvalue weighted by molar-refractivity contribution is 0.576. The highest BCUT2D eigenvalue weighted by Crippen LogP contribution is 2.01. The smallest absolute Gasteiger partial charge is 0.155 e. The van der Waals surface area contributed by atoms with Crippen LogP contribution in [0.25, 0.3) is 0 Å². The number of nitrogens with one attached hydrogen (secondary N) is 1. The summed E-state index contributed by atoms with van der Waals surface area (Å²) in [6, 6.07) is 0. The molecule has 1 N–H and O–H groups in total. The molecule has 1 atom stereocenters. The number of halogens is 1. The van der Waals surface area contributed by atoms with E-state index in [1.807, 2.05) is 6.92 Å². The van der Waals surface area contributed by atoms with Gasteiger partial charge in [-0.3, -0.25) is 0 Å². The first-order valence-electron chi connectivity index (χ1n) is 4.02. The van der Waals surface area contributed by atoms with Crippen LogP contribution in [0.15, 0.2) is 0 Å². The quantitative estimate of drug-likeness (QED) is 0.659. The molecule has 0 aromatic carbocycles. The average molecular weight is 214 g/mol. The number of hydrogen-bond acceptors (Lipinski definition) is 3. The van der Waals surface area contributed by atoms with Crippen molar-refractivity contribution in [1.29, 1.82) is 0 Å². The van der Waals surface area contributed by atoms with Crippen molar-refractivity contribution in [2.24, 2.45) is 0 Å². The molecule has 1 unspecified atom stereocenters. The largest absolute Gasteiger partial charge is 0.316 e. The van der Waals surface area contributed by atoms with Crippen LogP contribution in [0, 0.1) is 0 Å². The molecular formula is C7H16ClNO2S. The zero-order chi connectivity index (χ0) is 9.61. The minimum absolute atomic E-state index is 0.0706. The Morgan fingerprint density at radius 2 is 2.08 bits per heavy atom. The summed E-state index contributed by atoms with van der Waals surface area (Å²) in [7, 11) is -2.98. The predicted molar refractivity (Wildman–Crippen MR) is 52.5 cm³/mol. The summed E-state index contributed by atoms with van der Waals surface area (Å²) in [5.74, 6) is 0.250. The molecule has 0 bridgehead atoms. The van der Waals surface area contributed by atoms with E-state index < -0.39 is 9.84 Å². The molecule has 12 heavy (non-hydrogen) atoms. The van der Waals surface area contributed by atoms with E-state index in [4.69, 9.17) is 11.6 Å². The van der Waals surface area contributed by atoms with Crippen molar-refractivity contribution in [2.75, 3.05) is 24.7 Å². The van der Waals surface area contributed by atoms with Crippen LogP contribution in [0.4, 0.5) is 0 Å². The monoisotopic (exact) mass is 213 g/mol. The van der Waals surface area contributed by atoms with Crippen molar-refractivity contribution in [3.63, 3.8) is 0 Å². The molecule has 5 heteroatoms. The molecule has 0 fully saturated rings. The highest BCUT2D eigenvalue weighted by atomic mass is 35.5. The second kappa shape index (κ2) is 5.78. The van der Waals surface area contributed by atoms with Crippen LogP contribution < -0.4 is 5.32 Å². The van der Waals surface area contributed by atoms with E-state index in [0.29, 0.717) is 6.54 Å². The molecule has 0 aromatic heterocycles. The van der Waals surface area contributed by atoms with E-state index in [2.05, 4.69) is 5.32 Å². The predicted octanol–water partition coefficient (Wildman–Crippen LogP) is 0.638. The van der Waals surface area contributed by atoms with Gasteiger partial charge in [0.05, 0.1) is 11.0 Å². The van der Waals surface area contributed by atoms with Gasteiger partial charge >= 0.3 is 0 Å². The molecule has 3 nitrogen and oxygen atoms in total. The van der Waals surface area contributed by atoms with Crippen LogP contribution in [0.3, 0.4) is 0 Å². The Bertz CT molecular complexity index is 203. The first-order chi connectivity index (χ1) is 5.54.